The fourth-order valence-electron chi connectivity index (χ4n) is 13.8. The Morgan fingerprint density at radius 3 is 0.967 bits per heavy atom. The second-order valence-corrected chi connectivity index (χ2v) is 32.8. The van der Waals surface area contributed by atoms with Crippen LogP contribution in [0, 0.1) is 66.4 Å². The van der Waals surface area contributed by atoms with Crippen molar-refractivity contribution in [3.05, 3.63) is 403 Å². The predicted molar refractivity (Wildman–Crippen MR) is 499 cm³/mol. The van der Waals surface area contributed by atoms with E-state index in [1.165, 1.54) is 40.5 Å². The van der Waals surface area contributed by atoms with Crippen molar-refractivity contribution in [2.45, 2.75) is 99.3 Å². The number of para-hydroxylation sites is 3. The van der Waals surface area contributed by atoms with Crippen LogP contribution in [0.25, 0.3) is 86.2 Å². The number of fused-ring (bicyclic) bond motifs is 3. The van der Waals surface area contributed by atoms with Gasteiger partial charge in [0.2, 0.25) is 0 Å². The number of nitro benzene ring substituents is 1. The molecular formula is C107H93N7O9. The van der Waals surface area contributed by atoms with Crippen LogP contribution in [0.3, 0.4) is 0 Å². The largest absolute Gasteiger partial charge is 0.504 e. The number of nitro groups is 1. The average Bonchev–Trinajstić information content (AvgIpc) is 0.775. The third-order valence-electron chi connectivity index (χ3n) is 20.8. The maximum Gasteiger partial charge on any atom is 0.311 e. The quantitative estimate of drug-likeness (QED) is 0.0666. The molecule has 610 valence electrons. The third-order valence-corrected chi connectivity index (χ3v) is 20.8. The zero-order chi connectivity index (χ0) is 87.4. The molecule has 16 heteroatoms. The number of phenolic OH excluding ortho intramolecular Hbond substituents is 2. The topological polar surface area (TPSA) is 207 Å². The van der Waals surface area contributed by atoms with Crippen molar-refractivity contribution in [2.24, 2.45) is 0 Å². The summed E-state index contributed by atoms with van der Waals surface area (Å²) in [7, 11) is 3.15. The molecule has 0 fully saturated rings. The molecule has 3 aromatic heterocycles. The van der Waals surface area contributed by atoms with Crippen molar-refractivity contribution in [3.63, 3.8) is 0 Å². The molecule has 0 saturated heterocycles. The van der Waals surface area contributed by atoms with Crippen LogP contribution in [0.2, 0.25) is 0 Å². The Balaban J connectivity index is 0.000000159. The van der Waals surface area contributed by atoms with E-state index in [4.69, 9.17) is 24.4 Å². The predicted octanol–water partition coefficient (Wildman–Crippen LogP) is 22.0. The van der Waals surface area contributed by atoms with E-state index in [-0.39, 0.29) is 38.7 Å². The average molecular weight is 1620 g/mol. The van der Waals surface area contributed by atoms with Gasteiger partial charge in [-0.15, -0.1) is 0 Å². The second kappa shape index (κ2) is 36.8. The lowest BCUT2D eigenvalue weighted by Crippen LogP contribution is -2.23. The van der Waals surface area contributed by atoms with Crippen LogP contribution in [-0.4, -0.2) is 58.0 Å². The van der Waals surface area contributed by atoms with E-state index in [0.29, 0.717) is 67.2 Å². The van der Waals surface area contributed by atoms with Gasteiger partial charge in [0.25, 0.3) is 16.7 Å². The molecule has 3 heterocycles. The molecule has 16 nitrogen and oxygen atoms in total. The number of ether oxygens (including phenoxy) is 2. The van der Waals surface area contributed by atoms with Gasteiger partial charge in [-0.25, -0.2) is 15.0 Å². The first-order valence-corrected chi connectivity index (χ1v) is 40.2. The molecule has 0 saturated carbocycles. The number of hydrogen-bond acceptors (Lipinski definition) is 12. The molecule has 0 amide bonds. The first kappa shape index (κ1) is 85.4. The SMILES string of the molecule is COc1cc(/C=C/c2nc3ccccc3c(=O)n2-c2ccc(C#Cc3ccc(C(C)(C)C)cc3)cc2C)ccc1O.COc1ccc(/C=C/c2nc3ccccc3c(=O)n2-c2ccc(C#Cc3ccc(C(C)(C)C)cc3)cc2C)cc1.Cc1cc(C#Cc2ccc(C(C)(C)C)cc2)ccc1-n1c(/C=C/c2ccc(O)c([N+](=O)[O-])c2)nc2ccccc2c1=O. The first-order chi connectivity index (χ1) is 58.9. The number of nitrogens with zero attached hydrogens (tertiary/aromatic N) is 7. The summed E-state index contributed by atoms with van der Waals surface area (Å²) in [6.45, 7) is 25.6. The molecule has 0 aliphatic heterocycles. The highest BCUT2D eigenvalue weighted by Gasteiger charge is 2.21. The summed E-state index contributed by atoms with van der Waals surface area (Å²) in [4.78, 5) is 66.3. The van der Waals surface area contributed by atoms with Crippen LogP contribution in [0.4, 0.5) is 5.69 Å². The van der Waals surface area contributed by atoms with Crippen molar-refractivity contribution in [3.8, 4) is 75.6 Å². The van der Waals surface area contributed by atoms with E-state index in [2.05, 4.69) is 158 Å². The summed E-state index contributed by atoms with van der Waals surface area (Å²) in [6.07, 6.45) is 10.7. The van der Waals surface area contributed by atoms with E-state index in [1.54, 1.807) is 83.0 Å². The molecule has 0 bridgehead atoms. The molecule has 2 N–H and O–H groups in total. The van der Waals surface area contributed by atoms with E-state index in [0.717, 1.165) is 78.3 Å². The highest BCUT2D eigenvalue weighted by Crippen LogP contribution is 2.32. The van der Waals surface area contributed by atoms with Crippen molar-refractivity contribution in [2.75, 3.05) is 14.2 Å². The minimum atomic E-state index is -0.647. The normalized spacial score (nSPS) is 11.4. The van der Waals surface area contributed by atoms with Crippen LogP contribution in [0.5, 0.6) is 23.0 Å². The summed E-state index contributed by atoms with van der Waals surface area (Å²) >= 11 is 0. The lowest BCUT2D eigenvalue weighted by atomic mass is 9.87. The zero-order valence-corrected chi connectivity index (χ0v) is 71.2. The van der Waals surface area contributed by atoms with Crippen LogP contribution in [-0.2, 0) is 16.2 Å². The number of phenols is 2. The van der Waals surface area contributed by atoms with Crippen molar-refractivity contribution >= 4 is 74.9 Å². The molecule has 0 aliphatic rings. The lowest BCUT2D eigenvalue weighted by molar-refractivity contribution is -0.385. The third kappa shape index (κ3) is 20.5. The van der Waals surface area contributed by atoms with Gasteiger partial charge in [-0.05, 0) is 263 Å². The zero-order valence-electron chi connectivity index (χ0n) is 71.2. The molecule has 15 aromatic rings. The fraction of sp³-hybridized carbons (Fsp3) is 0.159. The van der Waals surface area contributed by atoms with E-state index < -0.39 is 16.4 Å². The van der Waals surface area contributed by atoms with Crippen molar-refractivity contribution in [1.82, 2.24) is 28.7 Å². The maximum atomic E-state index is 13.8. The number of aromatic nitrogens is 6. The van der Waals surface area contributed by atoms with Gasteiger partial charge in [0.05, 0.1) is 68.9 Å². The summed E-state index contributed by atoms with van der Waals surface area (Å²) in [6, 6.07) is 81.2. The van der Waals surface area contributed by atoms with Gasteiger partial charge in [-0.1, -0.05) is 213 Å². The Labute approximate surface area is 716 Å². The molecule has 0 atom stereocenters. The standard InChI is InChI=1S/C36H32N2O3.C36H32N2O2.C35H29N3O4/c1-24-22-26(11-10-25-12-17-28(18-13-25)36(2,3)4)14-19-31(24)38-34(37-30-9-7-6-8-29(30)35(38)40)21-16-27-15-20-32(39)33(23-27)41-5;1-25-24-28(11-10-26-12-18-29(19-13-26)36(2,3)4)16-22-33(25)38-34(23-17-27-14-20-30(40-5)21-15-27)37-32-9-7-6-8-31(32)35(38)39;1-23-21-25(10-9-24-11-16-27(17-12-24)35(2,3)4)13-18-30(23)37-33(36-29-8-6-5-7-28(29)34(37)40)20-15-26-14-19-32(39)31(22-26)38(41)42/h6-9,12-23,39H,1-5H3;6-9,12-24H,1-5H3;5-8,11-22,39H,1-4H3/b21-16+;23-17+;20-15+. The molecule has 0 unspecified atom stereocenters. The highest BCUT2D eigenvalue weighted by atomic mass is 16.6. The molecule has 12 aromatic carbocycles. The second-order valence-electron chi connectivity index (χ2n) is 32.8. The van der Waals surface area contributed by atoms with Gasteiger partial charge >= 0.3 is 5.69 Å². The monoisotopic (exact) mass is 1620 g/mol. The van der Waals surface area contributed by atoms with E-state index in [9.17, 15) is 34.7 Å². The number of rotatable bonds is 12. The molecular weight excluding hydrogens is 1530 g/mol. The maximum absolute atomic E-state index is 13.8. The number of aryl methyl sites for hydroxylation is 3. The number of hydrogen-bond donors (Lipinski definition) is 2. The Hall–Kier alpha value is -15.4. The van der Waals surface area contributed by atoms with E-state index >= 15 is 0 Å². The van der Waals surface area contributed by atoms with Crippen LogP contribution in [0.1, 0.15) is 163 Å². The Morgan fingerprint density at radius 2 is 0.650 bits per heavy atom. The van der Waals surface area contributed by atoms with Gasteiger partial charge in [0.15, 0.2) is 17.2 Å². The summed E-state index contributed by atoms with van der Waals surface area (Å²) < 4.78 is 15.3. The van der Waals surface area contributed by atoms with Gasteiger partial charge in [-0.3, -0.25) is 38.2 Å². The van der Waals surface area contributed by atoms with Gasteiger partial charge in [0, 0.05) is 39.4 Å². The van der Waals surface area contributed by atoms with Crippen LogP contribution >= 0.6 is 0 Å². The van der Waals surface area contributed by atoms with Crippen molar-refractivity contribution < 1.29 is 24.6 Å². The summed E-state index contributed by atoms with van der Waals surface area (Å²) in [5.41, 5.74) is 17.5. The number of benzene rings is 12. The summed E-state index contributed by atoms with van der Waals surface area (Å²) in [5, 5.41) is 32.6. The highest BCUT2D eigenvalue weighted by molar-refractivity contribution is 5.84. The Bertz CT molecular complexity index is 7060. The number of methoxy groups -OCH3 is 2. The van der Waals surface area contributed by atoms with Gasteiger partial charge < -0.3 is 19.7 Å². The molecule has 15 rings (SSSR count). The van der Waals surface area contributed by atoms with Gasteiger partial charge in [0.1, 0.15) is 23.2 Å². The smallest absolute Gasteiger partial charge is 0.311 e. The summed E-state index contributed by atoms with van der Waals surface area (Å²) in [5.74, 6) is 21.7. The Kier molecular flexibility index (Phi) is 25.6. The van der Waals surface area contributed by atoms with Crippen LogP contribution in [0.15, 0.2) is 275 Å². The van der Waals surface area contributed by atoms with E-state index in [1.807, 2.05) is 179 Å². The minimum Gasteiger partial charge on any atom is -0.504 e. The fourth-order valence-corrected chi connectivity index (χ4v) is 13.8. The molecule has 0 spiro atoms. The lowest BCUT2D eigenvalue weighted by Gasteiger charge is -2.18. The van der Waals surface area contributed by atoms with Crippen molar-refractivity contribution in [1.29, 1.82) is 0 Å². The Morgan fingerprint density at radius 1 is 0.350 bits per heavy atom. The minimum absolute atomic E-state index is 0.0612. The first-order valence-electron chi connectivity index (χ1n) is 40.2. The van der Waals surface area contributed by atoms with Crippen LogP contribution < -0.4 is 26.2 Å². The molecule has 123 heavy (non-hydrogen) atoms. The number of aromatic hydroxyl groups is 2. The molecule has 0 aliphatic carbocycles. The van der Waals surface area contributed by atoms with Gasteiger partial charge in [-0.2, -0.15) is 0 Å². The molecule has 0 radical (unpaired) electrons.